The summed E-state index contributed by atoms with van der Waals surface area (Å²) < 4.78 is 5.52. The highest BCUT2D eigenvalue weighted by atomic mass is 16.5. The van der Waals surface area contributed by atoms with E-state index in [0.717, 1.165) is 0 Å². The molecule has 0 radical (unpaired) electrons. The maximum atomic E-state index is 12.8. The number of piperidine rings is 1. The molecule has 0 aromatic heterocycles. The number of carbonyl (C=O) groups excluding carboxylic acids is 3. The highest BCUT2D eigenvalue weighted by molar-refractivity contribution is 6.02. The van der Waals surface area contributed by atoms with Crippen molar-refractivity contribution in [1.82, 2.24) is 4.90 Å². The van der Waals surface area contributed by atoms with Crippen LogP contribution in [0.3, 0.4) is 0 Å². The zero-order valence-electron chi connectivity index (χ0n) is 15.4. The monoisotopic (exact) mass is 359 g/mol. The molecule has 1 aromatic rings. The van der Waals surface area contributed by atoms with Gasteiger partial charge < -0.3 is 20.7 Å². The summed E-state index contributed by atoms with van der Waals surface area (Å²) in [6.45, 7) is 6.11. The van der Waals surface area contributed by atoms with E-state index in [1.54, 1.807) is 43.9 Å². The standard InChI is InChI=1S/C19H25N3O4/c1-11-17(24)21-14-10-13(4-5-15(14)26-11)16(23)12-6-8-22(9-7-12)18(25)19(2,3)20/h4-5,10-12H,6-9,20H2,1-3H3,(H,21,24). The summed E-state index contributed by atoms with van der Waals surface area (Å²) in [6.07, 6.45) is 0.674. The molecule has 7 heteroatoms. The largest absolute Gasteiger partial charge is 0.479 e. The fourth-order valence-electron chi connectivity index (χ4n) is 3.35. The predicted molar refractivity (Wildman–Crippen MR) is 97.1 cm³/mol. The van der Waals surface area contributed by atoms with E-state index < -0.39 is 11.6 Å². The second-order valence-electron chi connectivity index (χ2n) is 7.61. The Hall–Kier alpha value is -2.41. The first-order chi connectivity index (χ1) is 12.2. The van der Waals surface area contributed by atoms with Crippen LogP contribution in [0.2, 0.25) is 0 Å². The van der Waals surface area contributed by atoms with Gasteiger partial charge in [0.2, 0.25) is 5.91 Å². The first-order valence-electron chi connectivity index (χ1n) is 8.91. The number of nitrogens with zero attached hydrogens (tertiary/aromatic N) is 1. The summed E-state index contributed by atoms with van der Waals surface area (Å²) in [6, 6.07) is 5.11. The Kier molecular flexibility index (Phi) is 4.75. The minimum atomic E-state index is -0.898. The zero-order valence-corrected chi connectivity index (χ0v) is 15.4. The van der Waals surface area contributed by atoms with Crippen molar-refractivity contribution in [2.24, 2.45) is 11.7 Å². The van der Waals surface area contributed by atoms with Crippen molar-refractivity contribution in [3.63, 3.8) is 0 Å². The van der Waals surface area contributed by atoms with Gasteiger partial charge in [-0.3, -0.25) is 14.4 Å². The maximum absolute atomic E-state index is 12.8. The van der Waals surface area contributed by atoms with E-state index in [4.69, 9.17) is 10.5 Å². The van der Waals surface area contributed by atoms with Crippen LogP contribution in [-0.4, -0.2) is 47.2 Å². The molecule has 1 aromatic carbocycles. The van der Waals surface area contributed by atoms with E-state index in [9.17, 15) is 14.4 Å². The Balaban J connectivity index is 1.67. The number of fused-ring (bicyclic) bond motifs is 1. The molecule has 0 aliphatic carbocycles. The second kappa shape index (κ2) is 6.72. The van der Waals surface area contributed by atoms with E-state index >= 15 is 0 Å². The van der Waals surface area contributed by atoms with Gasteiger partial charge in [0.1, 0.15) is 5.75 Å². The SMILES string of the molecule is CC1Oc2ccc(C(=O)C3CCN(C(=O)C(C)(C)N)CC3)cc2NC1=O. The lowest BCUT2D eigenvalue weighted by Crippen LogP contribution is -2.53. The lowest BCUT2D eigenvalue weighted by atomic mass is 9.88. The number of Topliss-reactive ketones (excluding diaryl/α,β-unsaturated/α-hetero) is 1. The molecular weight excluding hydrogens is 334 g/mol. The summed E-state index contributed by atoms with van der Waals surface area (Å²) in [7, 11) is 0. The van der Waals surface area contributed by atoms with Gasteiger partial charge in [0.05, 0.1) is 11.2 Å². The number of ether oxygens (including phenoxy) is 1. The number of benzene rings is 1. The number of nitrogens with one attached hydrogen (secondary N) is 1. The highest BCUT2D eigenvalue weighted by Crippen LogP contribution is 2.32. The number of carbonyl (C=O) groups is 3. The number of hydrogen-bond acceptors (Lipinski definition) is 5. The number of ketones is 1. The summed E-state index contributed by atoms with van der Waals surface area (Å²) in [5.41, 5.74) is 6.05. The Morgan fingerprint density at radius 3 is 2.54 bits per heavy atom. The summed E-state index contributed by atoms with van der Waals surface area (Å²) >= 11 is 0. The molecule has 2 heterocycles. The van der Waals surface area contributed by atoms with Gasteiger partial charge in [0.15, 0.2) is 11.9 Å². The maximum Gasteiger partial charge on any atom is 0.265 e. The zero-order chi connectivity index (χ0) is 19.1. The summed E-state index contributed by atoms with van der Waals surface area (Å²) in [4.78, 5) is 38.5. The molecule has 3 N–H and O–H groups in total. The molecule has 140 valence electrons. The van der Waals surface area contributed by atoms with E-state index in [0.29, 0.717) is 42.9 Å². The number of rotatable bonds is 3. The van der Waals surface area contributed by atoms with E-state index in [-0.39, 0.29) is 23.5 Å². The Bertz CT molecular complexity index is 746. The van der Waals surface area contributed by atoms with Gasteiger partial charge >= 0.3 is 0 Å². The topological polar surface area (TPSA) is 102 Å². The van der Waals surface area contributed by atoms with Crippen molar-refractivity contribution >= 4 is 23.3 Å². The number of hydrogen-bond donors (Lipinski definition) is 2. The molecule has 26 heavy (non-hydrogen) atoms. The van der Waals surface area contributed by atoms with Gasteiger partial charge in [-0.25, -0.2) is 0 Å². The van der Waals surface area contributed by atoms with Crippen LogP contribution in [0.5, 0.6) is 5.75 Å². The average molecular weight is 359 g/mol. The summed E-state index contributed by atoms with van der Waals surface area (Å²) in [5, 5.41) is 2.76. The third kappa shape index (κ3) is 3.58. The Morgan fingerprint density at radius 1 is 1.27 bits per heavy atom. The molecule has 1 unspecified atom stereocenters. The molecule has 1 fully saturated rings. The number of likely N-dealkylation sites (tertiary alicyclic amines) is 1. The molecule has 1 atom stereocenters. The lowest BCUT2D eigenvalue weighted by molar-refractivity contribution is -0.137. The van der Waals surface area contributed by atoms with Crippen molar-refractivity contribution in [3.8, 4) is 5.75 Å². The van der Waals surface area contributed by atoms with E-state index in [1.165, 1.54) is 0 Å². The molecule has 2 amide bonds. The Labute approximate surface area is 152 Å². The fourth-order valence-corrected chi connectivity index (χ4v) is 3.35. The quantitative estimate of drug-likeness (QED) is 0.798. The van der Waals surface area contributed by atoms with E-state index in [2.05, 4.69) is 5.32 Å². The van der Waals surface area contributed by atoms with Crippen molar-refractivity contribution < 1.29 is 19.1 Å². The molecule has 7 nitrogen and oxygen atoms in total. The molecule has 3 rings (SSSR count). The van der Waals surface area contributed by atoms with Crippen LogP contribution in [0.4, 0.5) is 5.69 Å². The van der Waals surface area contributed by atoms with Crippen molar-refractivity contribution in [3.05, 3.63) is 23.8 Å². The first-order valence-corrected chi connectivity index (χ1v) is 8.91. The minimum absolute atomic E-state index is 0.0276. The second-order valence-corrected chi connectivity index (χ2v) is 7.61. The van der Waals surface area contributed by atoms with Crippen LogP contribution in [0.1, 0.15) is 44.0 Å². The minimum Gasteiger partial charge on any atom is -0.479 e. The fraction of sp³-hybridized carbons (Fsp3) is 0.526. The number of anilines is 1. The molecule has 0 saturated carbocycles. The number of nitrogens with two attached hydrogens (primary N) is 1. The third-order valence-electron chi connectivity index (χ3n) is 4.90. The van der Waals surface area contributed by atoms with Gasteiger partial charge in [0, 0.05) is 24.6 Å². The number of amides is 2. The van der Waals surface area contributed by atoms with Gasteiger partial charge in [0.25, 0.3) is 5.91 Å². The average Bonchev–Trinajstić information content (AvgIpc) is 2.60. The normalized spacial score (nSPS) is 20.8. The smallest absolute Gasteiger partial charge is 0.265 e. The summed E-state index contributed by atoms with van der Waals surface area (Å²) in [5.74, 6) is 0.139. The van der Waals surface area contributed by atoms with Crippen LogP contribution in [-0.2, 0) is 9.59 Å². The first kappa shape index (κ1) is 18.4. The van der Waals surface area contributed by atoms with Crippen LogP contribution < -0.4 is 15.8 Å². The van der Waals surface area contributed by atoms with Crippen LogP contribution in [0, 0.1) is 5.92 Å². The van der Waals surface area contributed by atoms with Crippen LogP contribution >= 0.6 is 0 Å². The molecular formula is C19H25N3O4. The molecule has 0 spiro atoms. The van der Waals surface area contributed by atoms with E-state index in [1.807, 2.05) is 0 Å². The Morgan fingerprint density at radius 2 is 1.92 bits per heavy atom. The van der Waals surface area contributed by atoms with Gasteiger partial charge in [-0.05, 0) is 51.8 Å². The lowest BCUT2D eigenvalue weighted by Gasteiger charge is -2.35. The van der Waals surface area contributed by atoms with Gasteiger partial charge in [-0.2, -0.15) is 0 Å². The predicted octanol–water partition coefficient (Wildman–Crippen LogP) is 1.56. The van der Waals surface area contributed by atoms with Crippen molar-refractivity contribution in [2.75, 3.05) is 18.4 Å². The van der Waals surface area contributed by atoms with Gasteiger partial charge in [-0.15, -0.1) is 0 Å². The molecule has 2 aliphatic heterocycles. The molecule has 2 aliphatic rings. The molecule has 1 saturated heterocycles. The van der Waals surface area contributed by atoms with Crippen molar-refractivity contribution in [2.45, 2.75) is 45.3 Å². The van der Waals surface area contributed by atoms with Gasteiger partial charge in [-0.1, -0.05) is 0 Å². The third-order valence-corrected chi connectivity index (χ3v) is 4.90. The van der Waals surface area contributed by atoms with Crippen LogP contribution in [0.25, 0.3) is 0 Å². The molecule has 0 bridgehead atoms. The van der Waals surface area contributed by atoms with Crippen molar-refractivity contribution in [1.29, 1.82) is 0 Å². The van der Waals surface area contributed by atoms with Crippen LogP contribution in [0.15, 0.2) is 18.2 Å². The highest BCUT2D eigenvalue weighted by Gasteiger charge is 2.33.